The first kappa shape index (κ1) is 17.0. The van der Waals surface area contributed by atoms with Crippen LogP contribution in [0.1, 0.15) is 23.4 Å². The van der Waals surface area contributed by atoms with Gasteiger partial charge in [0.25, 0.3) is 11.8 Å². The molecule has 2 heterocycles. The molecule has 0 spiro atoms. The van der Waals surface area contributed by atoms with Gasteiger partial charge in [-0.15, -0.1) is 0 Å². The van der Waals surface area contributed by atoms with E-state index in [1.165, 1.54) is 6.42 Å². The van der Waals surface area contributed by atoms with Crippen LogP contribution in [0.4, 0.5) is 0 Å². The van der Waals surface area contributed by atoms with Gasteiger partial charge >= 0.3 is 0 Å². The molecule has 1 aliphatic heterocycles. The smallest absolute Gasteiger partial charge is 0.254 e. The molecule has 29 heavy (non-hydrogen) atoms. The molecule has 7 rings (SSSR count). The predicted octanol–water partition coefficient (Wildman–Crippen LogP) is 3.48. The number of aryl methyl sites for hydroxylation is 1. The highest BCUT2D eigenvalue weighted by molar-refractivity contribution is 6.06. The largest absolute Gasteiger partial charge is 0.318 e. The predicted molar refractivity (Wildman–Crippen MR) is 109 cm³/mol. The molecule has 4 aliphatic carbocycles. The van der Waals surface area contributed by atoms with E-state index in [-0.39, 0.29) is 35.5 Å². The number of rotatable bonds is 3. The van der Waals surface area contributed by atoms with E-state index in [9.17, 15) is 9.59 Å². The number of hydrogen-bond acceptors (Lipinski definition) is 3. The molecule has 1 aromatic carbocycles. The standard InChI is InChI=1S/C24H23N3O2/c1-13-10-15(14(2)26(13)16-6-4-3-5-7-16)12-25-27-23(28)21-17-8-9-18(20-11-19(17)20)22(21)24(27)29/h3-10,12,17-22H,11H2,1-2H3/b25-12-/t17-,18-,19-,20+,21-,22+/m0/s1. The zero-order valence-corrected chi connectivity index (χ0v) is 16.5. The Labute approximate surface area is 169 Å². The number of para-hydroxylation sites is 1. The van der Waals surface area contributed by atoms with Gasteiger partial charge in [0.05, 0.1) is 18.1 Å². The molecule has 1 aromatic heterocycles. The Bertz CT molecular complexity index is 1060. The lowest BCUT2D eigenvalue weighted by molar-refractivity contribution is -0.140. The highest BCUT2D eigenvalue weighted by atomic mass is 16.2. The minimum atomic E-state index is -0.199. The summed E-state index contributed by atoms with van der Waals surface area (Å²) in [6.07, 6.45) is 7.22. The summed E-state index contributed by atoms with van der Waals surface area (Å²) in [6, 6.07) is 12.2. The Morgan fingerprint density at radius 2 is 1.59 bits per heavy atom. The second-order valence-electron chi connectivity index (χ2n) is 8.88. The van der Waals surface area contributed by atoms with Crippen LogP contribution < -0.4 is 0 Å². The van der Waals surface area contributed by atoms with Crippen molar-refractivity contribution in [2.24, 2.45) is 40.6 Å². The molecule has 0 radical (unpaired) electrons. The van der Waals surface area contributed by atoms with E-state index in [4.69, 9.17) is 0 Å². The molecular weight excluding hydrogens is 362 g/mol. The van der Waals surface area contributed by atoms with Crippen molar-refractivity contribution in [3.8, 4) is 5.69 Å². The van der Waals surface area contributed by atoms with Crippen molar-refractivity contribution >= 4 is 18.0 Å². The maximum atomic E-state index is 13.1. The van der Waals surface area contributed by atoms with Crippen molar-refractivity contribution < 1.29 is 9.59 Å². The van der Waals surface area contributed by atoms with Gasteiger partial charge in [0.15, 0.2) is 0 Å². The summed E-state index contributed by atoms with van der Waals surface area (Å²) in [4.78, 5) is 26.1. The fourth-order valence-electron chi connectivity index (χ4n) is 6.07. The van der Waals surface area contributed by atoms with Gasteiger partial charge in [0.2, 0.25) is 0 Å². The van der Waals surface area contributed by atoms with E-state index in [1.807, 2.05) is 38.1 Å². The van der Waals surface area contributed by atoms with Crippen LogP contribution in [0.3, 0.4) is 0 Å². The molecule has 2 aromatic rings. The van der Waals surface area contributed by atoms with E-state index in [0.717, 1.165) is 27.6 Å². The summed E-state index contributed by atoms with van der Waals surface area (Å²) in [5, 5.41) is 5.55. The van der Waals surface area contributed by atoms with Gasteiger partial charge in [-0.3, -0.25) is 9.59 Å². The van der Waals surface area contributed by atoms with Gasteiger partial charge in [-0.1, -0.05) is 30.4 Å². The SMILES string of the molecule is Cc1cc(/C=N\N2C(=O)[C@@H]3[C@H]4C=C[C@@H]([C@@H]5C[C@H]45)[C@@H]3C2=O)c(C)n1-c1ccccc1. The summed E-state index contributed by atoms with van der Waals surface area (Å²) < 4.78 is 2.16. The van der Waals surface area contributed by atoms with E-state index in [2.05, 4.69) is 34.0 Å². The number of allylic oxidation sites excluding steroid dienone is 2. The van der Waals surface area contributed by atoms with Crippen molar-refractivity contribution in [2.45, 2.75) is 20.3 Å². The summed E-state index contributed by atoms with van der Waals surface area (Å²) in [6.45, 7) is 4.08. The average molecular weight is 385 g/mol. The molecule has 5 nitrogen and oxygen atoms in total. The van der Waals surface area contributed by atoms with Crippen LogP contribution in [-0.4, -0.2) is 27.6 Å². The number of amides is 2. The van der Waals surface area contributed by atoms with Crippen LogP contribution in [0, 0.1) is 49.4 Å². The highest BCUT2D eigenvalue weighted by Gasteiger charge is 2.67. The molecule has 2 saturated carbocycles. The van der Waals surface area contributed by atoms with Crippen molar-refractivity contribution in [1.29, 1.82) is 0 Å². The van der Waals surface area contributed by atoms with Gasteiger partial charge in [-0.25, -0.2) is 0 Å². The molecule has 0 unspecified atom stereocenters. The molecular formula is C24H23N3O2. The van der Waals surface area contributed by atoms with E-state index < -0.39 is 0 Å². The monoisotopic (exact) mass is 385 g/mol. The highest BCUT2D eigenvalue weighted by Crippen LogP contribution is 2.65. The summed E-state index contributed by atoms with van der Waals surface area (Å²) in [5.74, 6) is 1.05. The topological polar surface area (TPSA) is 54.7 Å². The Morgan fingerprint density at radius 1 is 0.966 bits per heavy atom. The van der Waals surface area contributed by atoms with Gasteiger partial charge in [0, 0.05) is 22.6 Å². The molecule has 2 bridgehead atoms. The maximum Gasteiger partial charge on any atom is 0.254 e. The van der Waals surface area contributed by atoms with Crippen LogP contribution in [0.2, 0.25) is 0 Å². The van der Waals surface area contributed by atoms with Crippen molar-refractivity contribution in [1.82, 2.24) is 9.58 Å². The molecule has 0 N–H and O–H groups in total. The molecule has 3 fully saturated rings. The third-order valence-corrected chi connectivity index (χ3v) is 7.44. The molecule has 2 amide bonds. The lowest BCUT2D eigenvalue weighted by atomic mass is 9.63. The summed E-state index contributed by atoms with van der Waals surface area (Å²) >= 11 is 0. The van der Waals surface area contributed by atoms with E-state index in [1.54, 1.807) is 6.21 Å². The van der Waals surface area contributed by atoms with Crippen LogP contribution >= 0.6 is 0 Å². The third-order valence-electron chi connectivity index (χ3n) is 7.44. The van der Waals surface area contributed by atoms with Crippen molar-refractivity contribution in [2.75, 3.05) is 0 Å². The molecule has 5 heteroatoms. The molecule has 5 aliphatic rings. The summed E-state index contributed by atoms with van der Waals surface area (Å²) in [5.41, 5.74) is 4.14. The molecule has 6 atom stereocenters. The Morgan fingerprint density at radius 3 is 2.21 bits per heavy atom. The first-order valence-corrected chi connectivity index (χ1v) is 10.4. The van der Waals surface area contributed by atoms with Crippen LogP contribution in [0.15, 0.2) is 53.7 Å². The van der Waals surface area contributed by atoms with Gasteiger partial charge < -0.3 is 4.57 Å². The summed E-state index contributed by atoms with van der Waals surface area (Å²) in [7, 11) is 0. The molecule has 146 valence electrons. The number of hydrazone groups is 1. The van der Waals surface area contributed by atoms with Crippen molar-refractivity contribution in [3.05, 3.63) is 65.5 Å². The zero-order valence-electron chi connectivity index (χ0n) is 16.5. The number of nitrogens with zero attached hydrogens (tertiary/aromatic N) is 3. The number of imide groups is 1. The van der Waals surface area contributed by atoms with Gasteiger partial charge in [-0.2, -0.15) is 10.1 Å². The lowest BCUT2D eigenvalue weighted by Crippen LogP contribution is -2.40. The second kappa shape index (κ2) is 5.78. The van der Waals surface area contributed by atoms with Crippen LogP contribution in [-0.2, 0) is 9.59 Å². The molecule has 1 saturated heterocycles. The lowest BCUT2D eigenvalue weighted by Gasteiger charge is -2.37. The number of benzene rings is 1. The fraction of sp³-hybridized carbons (Fsp3) is 0.375. The zero-order chi connectivity index (χ0) is 19.9. The Balaban J connectivity index is 1.31. The van der Waals surface area contributed by atoms with E-state index >= 15 is 0 Å². The van der Waals surface area contributed by atoms with Crippen LogP contribution in [0.25, 0.3) is 5.69 Å². The van der Waals surface area contributed by atoms with Crippen LogP contribution in [0.5, 0.6) is 0 Å². The second-order valence-corrected chi connectivity index (χ2v) is 8.88. The minimum Gasteiger partial charge on any atom is -0.318 e. The third kappa shape index (κ3) is 2.24. The first-order valence-electron chi connectivity index (χ1n) is 10.4. The number of hydrogen-bond donors (Lipinski definition) is 0. The quantitative estimate of drug-likeness (QED) is 0.461. The maximum absolute atomic E-state index is 13.1. The Kier molecular flexibility index (Phi) is 3.38. The van der Waals surface area contributed by atoms with Gasteiger partial charge in [0.1, 0.15) is 0 Å². The van der Waals surface area contributed by atoms with E-state index in [0.29, 0.717) is 11.8 Å². The van der Waals surface area contributed by atoms with Crippen molar-refractivity contribution in [3.63, 3.8) is 0 Å². The number of aromatic nitrogens is 1. The first-order chi connectivity index (χ1) is 14.1. The Hall–Kier alpha value is -2.95. The number of carbonyl (C=O) groups is 2. The average Bonchev–Trinajstić information content (AvgIpc) is 3.45. The fourth-order valence-corrected chi connectivity index (χ4v) is 6.07. The normalized spacial score (nSPS) is 34.2. The number of carbonyl (C=O) groups excluding carboxylic acids is 2. The minimum absolute atomic E-state index is 0.113. The van der Waals surface area contributed by atoms with Gasteiger partial charge in [-0.05, 0) is 62.1 Å².